The number of ether oxygens (including phenoxy) is 3. The summed E-state index contributed by atoms with van der Waals surface area (Å²) in [4.78, 5) is 86.6. The largest absolute Gasteiger partial charge is 0.465 e. The summed E-state index contributed by atoms with van der Waals surface area (Å²) >= 11 is 0. The van der Waals surface area contributed by atoms with Gasteiger partial charge in [-0.25, -0.2) is 37.7 Å². The molecule has 0 spiro atoms. The molecule has 15 heteroatoms. The first-order valence-electron chi connectivity index (χ1n) is 13.2. The molecule has 1 heterocycles. The molecular formula is C28H35N3O12. The third kappa shape index (κ3) is 9.44. The van der Waals surface area contributed by atoms with Crippen LogP contribution < -0.4 is 17.1 Å². The number of rotatable bonds is 16. The average Bonchev–Trinajstić information content (AvgIpc) is 2.97. The quantitative estimate of drug-likeness (QED) is 0.137. The van der Waals surface area contributed by atoms with E-state index in [2.05, 4.69) is 11.3 Å². The lowest BCUT2D eigenvalue weighted by atomic mass is 9.97. The van der Waals surface area contributed by atoms with E-state index in [1.165, 1.54) is 45.4 Å². The average molecular weight is 606 g/mol. The molecule has 2 N–H and O–H groups in total. The number of Topliss-reactive ketones (excluding diaryl/α,β-unsaturated/α-hetero) is 1. The monoisotopic (exact) mass is 605 g/mol. The van der Waals surface area contributed by atoms with Crippen molar-refractivity contribution in [2.75, 3.05) is 20.8 Å². The van der Waals surface area contributed by atoms with Crippen molar-refractivity contribution in [2.24, 2.45) is 0 Å². The highest BCUT2D eigenvalue weighted by molar-refractivity contribution is 5.96. The fourth-order valence-electron chi connectivity index (χ4n) is 4.09. The molecule has 2 rings (SSSR count). The van der Waals surface area contributed by atoms with Gasteiger partial charge in [0.1, 0.15) is 18.5 Å². The predicted molar refractivity (Wildman–Crippen MR) is 150 cm³/mol. The highest BCUT2D eigenvalue weighted by atomic mass is 16.5. The van der Waals surface area contributed by atoms with Crippen molar-refractivity contribution in [1.29, 1.82) is 0 Å². The number of methoxy groups -OCH3 is 2. The van der Waals surface area contributed by atoms with Crippen LogP contribution in [0.3, 0.4) is 0 Å². The predicted octanol–water partition coefficient (Wildman–Crippen LogP) is -0.802. The smallest absolute Gasteiger partial charge is 0.338 e. The number of esters is 3. The summed E-state index contributed by atoms with van der Waals surface area (Å²) in [6.07, 6.45) is -1.70. The Bertz CT molecular complexity index is 1530. The molecule has 0 fully saturated rings. The summed E-state index contributed by atoms with van der Waals surface area (Å²) < 4.78 is 16.4. The zero-order chi connectivity index (χ0) is 32.3. The fourth-order valence-corrected chi connectivity index (χ4v) is 4.09. The van der Waals surface area contributed by atoms with Gasteiger partial charge in [0.15, 0.2) is 0 Å². The molecule has 0 bridgehead atoms. The molecule has 0 radical (unpaired) electrons. The SMILES string of the molecule is C=CCn1c(=O)n(CC(C)O)c(=O)n(CC(O)COC(=O)CCCC(=O)Cc2cc(C(=O)OC)ccc2C(=O)OC)c1=O. The van der Waals surface area contributed by atoms with Gasteiger partial charge in [-0.05, 0) is 37.1 Å². The van der Waals surface area contributed by atoms with E-state index in [9.17, 15) is 43.8 Å². The van der Waals surface area contributed by atoms with Gasteiger partial charge in [-0.2, -0.15) is 0 Å². The third-order valence-electron chi connectivity index (χ3n) is 6.13. The molecule has 234 valence electrons. The van der Waals surface area contributed by atoms with E-state index in [0.29, 0.717) is 13.7 Å². The molecule has 2 atom stereocenters. The lowest BCUT2D eigenvalue weighted by Crippen LogP contribution is -2.56. The molecule has 1 aromatic carbocycles. The van der Waals surface area contributed by atoms with E-state index in [0.717, 1.165) is 0 Å². The van der Waals surface area contributed by atoms with Crippen LogP contribution in [-0.4, -0.2) is 80.6 Å². The Morgan fingerprint density at radius 1 is 0.907 bits per heavy atom. The number of carbonyl (C=O) groups is 4. The zero-order valence-corrected chi connectivity index (χ0v) is 24.1. The summed E-state index contributed by atoms with van der Waals surface area (Å²) in [5.41, 5.74) is -2.49. The Hall–Kier alpha value is -4.63. The van der Waals surface area contributed by atoms with E-state index >= 15 is 0 Å². The molecular weight excluding hydrogens is 570 g/mol. The van der Waals surface area contributed by atoms with Gasteiger partial charge in [-0.1, -0.05) is 6.08 Å². The second-order valence-electron chi connectivity index (χ2n) is 9.58. The van der Waals surface area contributed by atoms with E-state index in [-0.39, 0.29) is 61.2 Å². The second-order valence-corrected chi connectivity index (χ2v) is 9.58. The Kier molecular flexibility index (Phi) is 13.0. The third-order valence-corrected chi connectivity index (χ3v) is 6.13. The molecule has 0 aliphatic carbocycles. The summed E-state index contributed by atoms with van der Waals surface area (Å²) in [5.74, 6) is -2.43. The highest BCUT2D eigenvalue weighted by Crippen LogP contribution is 2.17. The number of carbonyl (C=O) groups excluding carboxylic acids is 4. The number of allylic oxidation sites excluding steroid dienone is 1. The maximum atomic E-state index is 12.7. The minimum absolute atomic E-state index is 0.0657. The summed E-state index contributed by atoms with van der Waals surface area (Å²) in [6, 6.07) is 4.09. The van der Waals surface area contributed by atoms with Crippen LogP contribution in [-0.2, 0) is 49.9 Å². The van der Waals surface area contributed by atoms with Crippen LogP contribution in [0.15, 0.2) is 45.2 Å². The van der Waals surface area contributed by atoms with Crippen molar-refractivity contribution < 1.29 is 43.6 Å². The number of benzene rings is 1. The van der Waals surface area contributed by atoms with Gasteiger partial charge in [-0.15, -0.1) is 6.58 Å². The van der Waals surface area contributed by atoms with Gasteiger partial charge >= 0.3 is 35.0 Å². The van der Waals surface area contributed by atoms with Gasteiger partial charge in [0.2, 0.25) is 0 Å². The van der Waals surface area contributed by atoms with Crippen molar-refractivity contribution in [1.82, 2.24) is 13.7 Å². The molecule has 0 aliphatic heterocycles. The first-order valence-corrected chi connectivity index (χ1v) is 13.2. The number of ketones is 1. The van der Waals surface area contributed by atoms with E-state index in [4.69, 9.17) is 9.47 Å². The Morgan fingerprint density at radius 2 is 1.51 bits per heavy atom. The van der Waals surface area contributed by atoms with Crippen LogP contribution in [0, 0.1) is 0 Å². The van der Waals surface area contributed by atoms with Crippen molar-refractivity contribution >= 4 is 23.7 Å². The number of hydrogen-bond acceptors (Lipinski definition) is 12. The first-order chi connectivity index (χ1) is 20.3. The van der Waals surface area contributed by atoms with Crippen molar-refractivity contribution in [3.05, 3.63) is 79.0 Å². The topological polar surface area (TPSA) is 202 Å². The molecule has 0 amide bonds. The molecule has 0 saturated carbocycles. The highest BCUT2D eigenvalue weighted by Gasteiger charge is 2.20. The summed E-state index contributed by atoms with van der Waals surface area (Å²) in [5, 5.41) is 20.0. The standard InChI is InChI=1S/C28H35N3O12/c1-5-11-29-26(38)30(14-17(2)32)28(40)31(27(29)39)15-21(34)16-43-23(35)8-6-7-20(33)13-19-12-18(24(36)41-3)9-10-22(19)25(37)42-4/h5,9-10,12,17,21,32,34H,1,6-8,11,13-16H2,2-4H3. The Morgan fingerprint density at radius 3 is 2.09 bits per heavy atom. The van der Waals surface area contributed by atoms with Gasteiger partial charge < -0.3 is 24.4 Å². The van der Waals surface area contributed by atoms with Crippen LogP contribution in [0.4, 0.5) is 0 Å². The molecule has 0 aliphatic rings. The van der Waals surface area contributed by atoms with Crippen molar-refractivity contribution in [3.8, 4) is 0 Å². The maximum absolute atomic E-state index is 12.7. The van der Waals surface area contributed by atoms with Crippen LogP contribution in [0.1, 0.15) is 52.5 Å². The second kappa shape index (κ2) is 16.1. The number of aliphatic hydroxyl groups excluding tert-OH is 2. The first kappa shape index (κ1) is 34.6. The summed E-state index contributed by atoms with van der Waals surface area (Å²) in [6.45, 7) is 3.02. The fraction of sp³-hybridized carbons (Fsp3) is 0.464. The summed E-state index contributed by atoms with van der Waals surface area (Å²) in [7, 11) is 2.37. The van der Waals surface area contributed by atoms with Gasteiger partial charge in [0, 0.05) is 19.3 Å². The minimum atomic E-state index is -1.50. The van der Waals surface area contributed by atoms with Crippen LogP contribution in [0.2, 0.25) is 0 Å². The number of aliphatic hydroxyl groups is 2. The molecule has 1 aromatic heterocycles. The molecule has 2 aromatic rings. The number of aromatic nitrogens is 3. The van der Waals surface area contributed by atoms with Crippen molar-refractivity contribution in [3.63, 3.8) is 0 Å². The van der Waals surface area contributed by atoms with Gasteiger partial charge in [-0.3, -0.25) is 9.59 Å². The lowest BCUT2D eigenvalue weighted by molar-refractivity contribution is -0.147. The van der Waals surface area contributed by atoms with E-state index in [1.54, 1.807) is 0 Å². The van der Waals surface area contributed by atoms with E-state index in [1.807, 2.05) is 0 Å². The molecule has 15 nitrogen and oxygen atoms in total. The molecule has 43 heavy (non-hydrogen) atoms. The van der Waals surface area contributed by atoms with Crippen molar-refractivity contribution in [2.45, 2.75) is 64.4 Å². The lowest BCUT2D eigenvalue weighted by Gasteiger charge is -2.16. The number of nitrogens with zero attached hydrogens (tertiary/aromatic N) is 3. The normalized spacial score (nSPS) is 12.2. The van der Waals surface area contributed by atoms with Gasteiger partial charge in [0.25, 0.3) is 0 Å². The minimum Gasteiger partial charge on any atom is -0.465 e. The Balaban J connectivity index is 1.98. The molecule has 2 unspecified atom stereocenters. The van der Waals surface area contributed by atoms with Crippen LogP contribution in [0.5, 0.6) is 0 Å². The maximum Gasteiger partial charge on any atom is 0.338 e. The van der Waals surface area contributed by atoms with Gasteiger partial charge in [0.05, 0.1) is 51.1 Å². The molecule has 0 saturated heterocycles. The Labute approximate surface area is 245 Å². The van der Waals surface area contributed by atoms with Crippen LogP contribution >= 0.6 is 0 Å². The van der Waals surface area contributed by atoms with Crippen LogP contribution in [0.25, 0.3) is 0 Å². The van der Waals surface area contributed by atoms with E-state index < -0.39 is 60.3 Å². The number of hydrogen-bond donors (Lipinski definition) is 2. The zero-order valence-electron chi connectivity index (χ0n) is 24.1.